The number of alkyl halides is 1. The van der Waals surface area contributed by atoms with Gasteiger partial charge in [0.15, 0.2) is 0 Å². The molecule has 0 unspecified atom stereocenters. The van der Waals surface area contributed by atoms with Gasteiger partial charge in [0, 0.05) is 6.42 Å². The lowest BCUT2D eigenvalue weighted by molar-refractivity contribution is -0.116. The molecule has 0 radical (unpaired) electrons. The number of carbonyl (C=O) groups is 1. The molecule has 0 saturated carbocycles. The monoisotopic (exact) mass is 194 g/mol. The molecule has 0 N–H and O–H groups in total. The van der Waals surface area contributed by atoms with Crippen molar-refractivity contribution in [3.8, 4) is 0 Å². The predicted octanol–water partition coefficient (Wildman–Crippen LogP) is 2.72. The summed E-state index contributed by atoms with van der Waals surface area (Å²) < 4.78 is 11.9. The standard InChI is InChI=1S/C12H15FO/c1-10(14)9-12-6-4-11(5-7-12)3-2-8-13/h4-7H,2-3,8-9H2,1H3. The van der Waals surface area contributed by atoms with Gasteiger partial charge < -0.3 is 0 Å². The van der Waals surface area contributed by atoms with Crippen LogP contribution in [0.4, 0.5) is 4.39 Å². The Morgan fingerprint density at radius 2 is 1.79 bits per heavy atom. The van der Waals surface area contributed by atoms with Crippen molar-refractivity contribution in [3.63, 3.8) is 0 Å². The second-order valence-corrected chi connectivity index (χ2v) is 3.49. The lowest BCUT2D eigenvalue weighted by atomic mass is 10.0. The summed E-state index contributed by atoms with van der Waals surface area (Å²) in [6.45, 7) is 1.31. The Kier molecular flexibility index (Phi) is 4.30. The molecule has 0 atom stereocenters. The normalized spacial score (nSPS) is 10.1. The van der Waals surface area contributed by atoms with E-state index in [4.69, 9.17) is 0 Å². The van der Waals surface area contributed by atoms with Gasteiger partial charge in [0.1, 0.15) is 5.78 Å². The van der Waals surface area contributed by atoms with E-state index in [0.29, 0.717) is 12.8 Å². The molecule has 0 spiro atoms. The first-order valence-corrected chi connectivity index (χ1v) is 4.85. The lowest BCUT2D eigenvalue weighted by Gasteiger charge is -2.01. The van der Waals surface area contributed by atoms with Gasteiger partial charge in [-0.15, -0.1) is 0 Å². The van der Waals surface area contributed by atoms with Crippen molar-refractivity contribution in [2.75, 3.05) is 6.67 Å². The van der Waals surface area contributed by atoms with E-state index >= 15 is 0 Å². The molecular weight excluding hydrogens is 179 g/mol. The van der Waals surface area contributed by atoms with Crippen molar-refractivity contribution < 1.29 is 9.18 Å². The smallest absolute Gasteiger partial charge is 0.134 e. The summed E-state index contributed by atoms with van der Waals surface area (Å²) in [6, 6.07) is 7.81. The van der Waals surface area contributed by atoms with Crippen LogP contribution in [-0.2, 0) is 17.6 Å². The van der Waals surface area contributed by atoms with Crippen molar-refractivity contribution in [1.82, 2.24) is 0 Å². The predicted molar refractivity (Wildman–Crippen MR) is 55.1 cm³/mol. The Morgan fingerprint density at radius 3 is 2.29 bits per heavy atom. The third-order valence-electron chi connectivity index (χ3n) is 2.08. The van der Waals surface area contributed by atoms with Crippen LogP contribution >= 0.6 is 0 Å². The second-order valence-electron chi connectivity index (χ2n) is 3.49. The van der Waals surface area contributed by atoms with Crippen LogP contribution in [-0.4, -0.2) is 12.5 Å². The highest BCUT2D eigenvalue weighted by molar-refractivity contribution is 5.78. The molecule has 0 aliphatic rings. The average molecular weight is 194 g/mol. The molecule has 1 nitrogen and oxygen atoms in total. The number of aryl methyl sites for hydroxylation is 1. The zero-order valence-corrected chi connectivity index (χ0v) is 8.42. The topological polar surface area (TPSA) is 17.1 Å². The van der Waals surface area contributed by atoms with Crippen LogP contribution in [0.25, 0.3) is 0 Å². The van der Waals surface area contributed by atoms with Crippen LogP contribution < -0.4 is 0 Å². The minimum Gasteiger partial charge on any atom is -0.300 e. The Bertz CT molecular complexity index is 290. The first-order valence-electron chi connectivity index (χ1n) is 4.85. The third kappa shape index (κ3) is 3.69. The molecule has 0 bridgehead atoms. The molecule has 1 aromatic carbocycles. The van der Waals surface area contributed by atoms with Crippen molar-refractivity contribution in [2.45, 2.75) is 26.2 Å². The van der Waals surface area contributed by atoms with Gasteiger partial charge in [-0.1, -0.05) is 24.3 Å². The van der Waals surface area contributed by atoms with Crippen LogP contribution in [0.15, 0.2) is 24.3 Å². The van der Waals surface area contributed by atoms with Crippen molar-refractivity contribution in [3.05, 3.63) is 35.4 Å². The van der Waals surface area contributed by atoms with E-state index in [9.17, 15) is 9.18 Å². The van der Waals surface area contributed by atoms with E-state index in [2.05, 4.69) is 0 Å². The molecule has 0 heterocycles. The molecular formula is C12H15FO. The molecule has 1 aromatic rings. The van der Waals surface area contributed by atoms with E-state index < -0.39 is 0 Å². The summed E-state index contributed by atoms with van der Waals surface area (Å²) in [5.74, 6) is 0.168. The Hall–Kier alpha value is -1.18. The highest BCUT2D eigenvalue weighted by Crippen LogP contribution is 2.07. The number of ketones is 1. The maximum Gasteiger partial charge on any atom is 0.134 e. The fourth-order valence-corrected chi connectivity index (χ4v) is 1.38. The minimum atomic E-state index is -0.269. The fraction of sp³-hybridized carbons (Fsp3) is 0.417. The zero-order chi connectivity index (χ0) is 10.4. The molecule has 14 heavy (non-hydrogen) atoms. The SMILES string of the molecule is CC(=O)Cc1ccc(CCCF)cc1. The Balaban J connectivity index is 2.54. The van der Waals surface area contributed by atoms with Gasteiger partial charge >= 0.3 is 0 Å². The maximum absolute atomic E-state index is 11.9. The quantitative estimate of drug-likeness (QED) is 0.704. The number of hydrogen-bond donors (Lipinski definition) is 0. The summed E-state index contributed by atoms with van der Waals surface area (Å²) in [4.78, 5) is 10.8. The average Bonchev–Trinajstić information content (AvgIpc) is 2.16. The first-order chi connectivity index (χ1) is 6.72. The molecule has 1 rings (SSSR count). The zero-order valence-electron chi connectivity index (χ0n) is 8.42. The number of benzene rings is 1. The van der Waals surface area contributed by atoms with E-state index in [1.54, 1.807) is 6.92 Å². The van der Waals surface area contributed by atoms with Crippen LogP contribution in [0, 0.1) is 0 Å². The lowest BCUT2D eigenvalue weighted by Crippen LogP contribution is -1.96. The largest absolute Gasteiger partial charge is 0.300 e. The first kappa shape index (κ1) is 10.9. The van der Waals surface area contributed by atoms with Gasteiger partial charge in [0.2, 0.25) is 0 Å². The van der Waals surface area contributed by atoms with Crippen molar-refractivity contribution >= 4 is 5.78 Å². The van der Waals surface area contributed by atoms with E-state index in [1.165, 1.54) is 0 Å². The minimum absolute atomic E-state index is 0.168. The molecule has 0 saturated heterocycles. The number of carbonyl (C=O) groups excluding carboxylic acids is 1. The van der Waals surface area contributed by atoms with E-state index in [0.717, 1.165) is 17.5 Å². The molecule has 2 heteroatoms. The van der Waals surface area contributed by atoms with Crippen LogP contribution in [0.5, 0.6) is 0 Å². The van der Waals surface area contributed by atoms with Gasteiger partial charge in [0.25, 0.3) is 0 Å². The maximum atomic E-state index is 11.9. The fourth-order valence-electron chi connectivity index (χ4n) is 1.38. The third-order valence-corrected chi connectivity index (χ3v) is 2.08. The molecule has 0 aliphatic heterocycles. The molecule has 76 valence electrons. The summed E-state index contributed by atoms with van der Waals surface area (Å²) in [5.41, 5.74) is 2.16. The summed E-state index contributed by atoms with van der Waals surface area (Å²) >= 11 is 0. The summed E-state index contributed by atoms with van der Waals surface area (Å²) in [6.07, 6.45) is 1.84. The molecule has 0 aromatic heterocycles. The van der Waals surface area contributed by atoms with E-state index in [-0.39, 0.29) is 12.5 Å². The van der Waals surface area contributed by atoms with Gasteiger partial charge in [-0.3, -0.25) is 9.18 Å². The van der Waals surface area contributed by atoms with Crippen molar-refractivity contribution in [1.29, 1.82) is 0 Å². The van der Waals surface area contributed by atoms with Gasteiger partial charge in [-0.2, -0.15) is 0 Å². The van der Waals surface area contributed by atoms with Crippen LogP contribution in [0.3, 0.4) is 0 Å². The Morgan fingerprint density at radius 1 is 1.21 bits per heavy atom. The summed E-state index contributed by atoms with van der Waals surface area (Å²) in [5, 5.41) is 0. The number of Topliss-reactive ketones (excluding diaryl/α,β-unsaturated/α-hetero) is 1. The highest BCUT2D eigenvalue weighted by Gasteiger charge is 1.98. The van der Waals surface area contributed by atoms with Crippen molar-refractivity contribution in [2.24, 2.45) is 0 Å². The number of hydrogen-bond acceptors (Lipinski definition) is 1. The van der Waals surface area contributed by atoms with Gasteiger partial charge in [-0.25, -0.2) is 0 Å². The second kappa shape index (κ2) is 5.53. The van der Waals surface area contributed by atoms with Crippen LogP contribution in [0.2, 0.25) is 0 Å². The van der Waals surface area contributed by atoms with E-state index in [1.807, 2.05) is 24.3 Å². The Labute approximate surface area is 83.9 Å². The number of rotatable bonds is 5. The molecule has 0 amide bonds. The molecule has 0 aliphatic carbocycles. The van der Waals surface area contributed by atoms with Gasteiger partial charge in [-0.05, 0) is 30.9 Å². The van der Waals surface area contributed by atoms with Gasteiger partial charge in [0.05, 0.1) is 6.67 Å². The highest BCUT2D eigenvalue weighted by atomic mass is 19.1. The summed E-state index contributed by atoms with van der Waals surface area (Å²) in [7, 11) is 0. The number of halogens is 1. The van der Waals surface area contributed by atoms with Crippen LogP contribution in [0.1, 0.15) is 24.5 Å². The molecule has 0 fully saturated rings.